The molecule has 1 aromatic carbocycles. The monoisotopic (exact) mass is 298 g/mol. The lowest BCUT2D eigenvalue weighted by atomic mass is 9.88. The van der Waals surface area contributed by atoms with Crippen molar-refractivity contribution in [1.82, 2.24) is 4.90 Å². The van der Waals surface area contributed by atoms with Crippen LogP contribution in [0.15, 0.2) is 12.1 Å². The van der Waals surface area contributed by atoms with Crippen molar-refractivity contribution in [1.29, 1.82) is 0 Å². The lowest BCUT2D eigenvalue weighted by Crippen LogP contribution is -2.52. The van der Waals surface area contributed by atoms with Crippen LogP contribution < -0.4 is 5.73 Å². The average Bonchev–Trinajstić information content (AvgIpc) is 2.45. The lowest BCUT2D eigenvalue weighted by Gasteiger charge is -2.36. The predicted molar refractivity (Wildman–Crippen MR) is 74.9 cm³/mol. The third-order valence-electron chi connectivity index (χ3n) is 4.08. The minimum absolute atomic E-state index is 0.224. The first-order valence-electron chi connectivity index (χ1n) is 6.99. The van der Waals surface area contributed by atoms with E-state index in [1.165, 1.54) is 13.0 Å². The molecule has 1 aliphatic rings. The summed E-state index contributed by atoms with van der Waals surface area (Å²) < 4.78 is 32.2. The lowest BCUT2D eigenvalue weighted by molar-refractivity contribution is -0.125. The fraction of sp³-hybridized carbons (Fsp3) is 0.533. The van der Waals surface area contributed by atoms with Gasteiger partial charge in [-0.15, -0.1) is 0 Å². The van der Waals surface area contributed by atoms with Crippen LogP contribution in [0.3, 0.4) is 0 Å². The number of halogens is 2. The molecule has 2 N–H and O–H groups in total. The molecule has 0 aliphatic carbocycles. The van der Waals surface area contributed by atoms with E-state index in [9.17, 15) is 13.6 Å². The number of nitrogens with zero attached hydrogens (tertiary/aromatic N) is 1. The molecule has 0 radical (unpaired) electrons. The highest BCUT2D eigenvalue weighted by Crippen LogP contribution is 2.28. The number of hydrogen-bond donors (Lipinski definition) is 1. The van der Waals surface area contributed by atoms with Crippen molar-refractivity contribution in [2.75, 3.05) is 26.3 Å². The first-order chi connectivity index (χ1) is 9.93. The highest BCUT2D eigenvalue weighted by Gasteiger charge is 2.32. The van der Waals surface area contributed by atoms with Gasteiger partial charge in [0.05, 0.1) is 19.3 Å². The van der Waals surface area contributed by atoms with Crippen molar-refractivity contribution in [3.8, 4) is 0 Å². The Balaban J connectivity index is 2.32. The molecule has 2 rings (SSSR count). The number of hydrogen-bond acceptors (Lipinski definition) is 3. The second-order valence-electron chi connectivity index (χ2n) is 5.36. The van der Waals surface area contributed by atoms with Crippen molar-refractivity contribution < 1.29 is 18.3 Å². The second kappa shape index (κ2) is 6.49. The van der Waals surface area contributed by atoms with Gasteiger partial charge in [0.15, 0.2) is 11.6 Å². The summed E-state index contributed by atoms with van der Waals surface area (Å²) in [7, 11) is 0. The number of rotatable bonds is 4. The molecule has 116 valence electrons. The van der Waals surface area contributed by atoms with E-state index in [1.807, 2.05) is 11.8 Å². The van der Waals surface area contributed by atoms with Crippen molar-refractivity contribution in [3.63, 3.8) is 0 Å². The number of nitrogens with two attached hydrogens (primary N) is 1. The fourth-order valence-electron chi connectivity index (χ4n) is 2.93. The molecular weight excluding hydrogens is 278 g/mol. The van der Waals surface area contributed by atoms with Gasteiger partial charge in [-0.3, -0.25) is 9.69 Å². The summed E-state index contributed by atoms with van der Waals surface area (Å²) in [6.45, 7) is 5.59. The third-order valence-corrected chi connectivity index (χ3v) is 4.08. The van der Waals surface area contributed by atoms with Crippen LogP contribution in [0.4, 0.5) is 8.78 Å². The Morgan fingerprint density at radius 2 is 1.95 bits per heavy atom. The van der Waals surface area contributed by atoms with Crippen molar-refractivity contribution in [3.05, 3.63) is 34.9 Å². The molecule has 1 saturated heterocycles. The van der Waals surface area contributed by atoms with Crippen LogP contribution in [0.1, 0.15) is 24.0 Å². The van der Waals surface area contributed by atoms with E-state index >= 15 is 0 Å². The first kappa shape index (κ1) is 15.9. The largest absolute Gasteiger partial charge is 0.379 e. The van der Waals surface area contributed by atoms with Gasteiger partial charge >= 0.3 is 0 Å². The Kier molecular flexibility index (Phi) is 4.90. The maximum atomic E-state index is 13.7. The number of benzene rings is 1. The van der Waals surface area contributed by atoms with Crippen LogP contribution in [0.5, 0.6) is 0 Å². The summed E-state index contributed by atoms with van der Waals surface area (Å²) in [6, 6.07) is 2.05. The van der Waals surface area contributed by atoms with Gasteiger partial charge in [0.1, 0.15) is 0 Å². The normalized spacial score (nSPS) is 19.2. The quantitative estimate of drug-likeness (QED) is 0.918. The highest BCUT2D eigenvalue weighted by atomic mass is 19.2. The molecule has 0 aromatic heterocycles. The van der Waals surface area contributed by atoms with Crippen LogP contribution >= 0.6 is 0 Å². The highest BCUT2D eigenvalue weighted by molar-refractivity contribution is 5.81. The maximum Gasteiger partial charge on any atom is 0.235 e. The van der Waals surface area contributed by atoms with Crippen molar-refractivity contribution >= 4 is 5.91 Å². The van der Waals surface area contributed by atoms with Crippen molar-refractivity contribution in [2.24, 2.45) is 5.73 Å². The molecule has 2 atom stereocenters. The summed E-state index contributed by atoms with van der Waals surface area (Å²) in [5.74, 6) is -2.54. The standard InChI is InChI=1S/C15H20F2N2O2/c1-9-11(3-4-12(16)13(9)17)10(2)14(15(18)20)19-5-7-21-8-6-19/h3-4,10,14H,5-8H2,1-2H3,(H2,18,20). The van der Waals surface area contributed by atoms with E-state index in [4.69, 9.17) is 10.5 Å². The molecular formula is C15H20F2N2O2. The molecule has 0 bridgehead atoms. The minimum atomic E-state index is -0.884. The van der Waals surface area contributed by atoms with Crippen LogP contribution in [0, 0.1) is 18.6 Å². The molecule has 1 heterocycles. The summed E-state index contributed by atoms with van der Waals surface area (Å²) >= 11 is 0. The Hall–Kier alpha value is -1.53. The summed E-state index contributed by atoms with van der Waals surface area (Å²) in [4.78, 5) is 13.8. The predicted octanol–water partition coefficient (Wildman–Crippen LogP) is 1.56. The Morgan fingerprint density at radius 3 is 2.52 bits per heavy atom. The molecule has 1 fully saturated rings. The van der Waals surface area contributed by atoms with Crippen LogP contribution in [-0.4, -0.2) is 43.2 Å². The fourth-order valence-corrected chi connectivity index (χ4v) is 2.93. The average molecular weight is 298 g/mol. The number of amides is 1. The van der Waals surface area contributed by atoms with Gasteiger partial charge < -0.3 is 10.5 Å². The number of ether oxygens (including phenoxy) is 1. The van der Waals surface area contributed by atoms with Gasteiger partial charge in [-0.1, -0.05) is 13.0 Å². The van der Waals surface area contributed by atoms with Crippen LogP contribution in [0.25, 0.3) is 0 Å². The molecule has 1 aliphatic heterocycles. The molecule has 4 nitrogen and oxygen atoms in total. The maximum absolute atomic E-state index is 13.7. The van der Waals surface area contributed by atoms with Gasteiger partial charge in [-0.2, -0.15) is 0 Å². The Morgan fingerprint density at radius 1 is 1.33 bits per heavy atom. The van der Waals surface area contributed by atoms with Gasteiger partial charge in [-0.25, -0.2) is 8.78 Å². The number of carbonyl (C=O) groups excluding carboxylic acids is 1. The van der Waals surface area contributed by atoms with E-state index in [0.29, 0.717) is 31.9 Å². The van der Waals surface area contributed by atoms with Gasteiger partial charge in [0.25, 0.3) is 0 Å². The number of carbonyl (C=O) groups is 1. The van der Waals surface area contributed by atoms with Crippen molar-refractivity contribution in [2.45, 2.75) is 25.8 Å². The molecule has 0 saturated carbocycles. The van der Waals surface area contributed by atoms with E-state index < -0.39 is 23.6 Å². The molecule has 21 heavy (non-hydrogen) atoms. The zero-order chi connectivity index (χ0) is 15.6. The van der Waals surface area contributed by atoms with Gasteiger partial charge in [0.2, 0.25) is 5.91 Å². The molecule has 0 spiro atoms. The SMILES string of the molecule is Cc1c(C(C)C(C(N)=O)N2CCOCC2)ccc(F)c1F. The summed E-state index contributed by atoms with van der Waals surface area (Å²) in [6.07, 6.45) is 0. The molecule has 1 amide bonds. The third kappa shape index (κ3) is 3.22. The smallest absolute Gasteiger partial charge is 0.235 e. The molecule has 6 heteroatoms. The number of primary amides is 1. The van der Waals surface area contributed by atoms with E-state index in [1.54, 1.807) is 0 Å². The Labute approximate surface area is 122 Å². The molecule has 2 unspecified atom stereocenters. The van der Waals surface area contributed by atoms with E-state index in [0.717, 1.165) is 6.07 Å². The zero-order valence-electron chi connectivity index (χ0n) is 12.2. The van der Waals surface area contributed by atoms with Gasteiger partial charge in [0, 0.05) is 19.0 Å². The van der Waals surface area contributed by atoms with Gasteiger partial charge in [-0.05, 0) is 24.1 Å². The topological polar surface area (TPSA) is 55.6 Å². The first-order valence-corrected chi connectivity index (χ1v) is 6.99. The van der Waals surface area contributed by atoms with Crippen LogP contribution in [-0.2, 0) is 9.53 Å². The van der Waals surface area contributed by atoms with E-state index in [-0.39, 0.29) is 11.5 Å². The summed E-state index contributed by atoms with van der Waals surface area (Å²) in [5, 5.41) is 0. The second-order valence-corrected chi connectivity index (χ2v) is 5.36. The summed E-state index contributed by atoms with van der Waals surface area (Å²) in [5.41, 5.74) is 6.36. The molecule has 1 aromatic rings. The van der Waals surface area contributed by atoms with E-state index in [2.05, 4.69) is 0 Å². The van der Waals surface area contributed by atoms with Crippen LogP contribution in [0.2, 0.25) is 0 Å². The minimum Gasteiger partial charge on any atom is -0.379 e. The number of morpholine rings is 1. The zero-order valence-corrected chi connectivity index (χ0v) is 12.2. The Bertz CT molecular complexity index is 531.